The van der Waals surface area contributed by atoms with Crippen molar-refractivity contribution >= 4 is 29.7 Å². The molecule has 0 aliphatic heterocycles. The average molecular weight is 319 g/mol. The molecule has 0 radical (unpaired) electrons. The van der Waals surface area contributed by atoms with Gasteiger partial charge in [-0.15, -0.1) is 23.7 Å². The molecule has 0 spiro atoms. The molecule has 0 saturated heterocycles. The topological polar surface area (TPSA) is 50.4 Å². The van der Waals surface area contributed by atoms with Gasteiger partial charge in [-0.2, -0.15) is 0 Å². The van der Waals surface area contributed by atoms with Crippen molar-refractivity contribution in [1.29, 1.82) is 0 Å². The highest BCUT2D eigenvalue weighted by atomic mass is 35.5. The summed E-state index contributed by atoms with van der Waals surface area (Å²) in [6.45, 7) is 2.95. The Kier molecular flexibility index (Phi) is 8.14. The lowest BCUT2D eigenvalue weighted by atomic mass is 9.99. The second-order valence-electron chi connectivity index (χ2n) is 4.76. The third kappa shape index (κ3) is 5.05. The van der Waals surface area contributed by atoms with E-state index in [1.54, 1.807) is 18.4 Å². The molecule has 1 amide bonds. The molecule has 0 atom stereocenters. The zero-order valence-corrected chi connectivity index (χ0v) is 13.5. The quantitative estimate of drug-likeness (QED) is 0.756. The van der Waals surface area contributed by atoms with E-state index >= 15 is 0 Å². The van der Waals surface area contributed by atoms with E-state index in [-0.39, 0.29) is 18.3 Å². The summed E-state index contributed by atoms with van der Waals surface area (Å²) in [4.78, 5) is 14.3. The molecule has 2 N–H and O–H groups in total. The van der Waals surface area contributed by atoms with E-state index in [0.717, 1.165) is 30.8 Å². The molecular weight excluding hydrogens is 296 g/mol. The normalized spacial score (nSPS) is 13.4. The van der Waals surface area contributed by atoms with Gasteiger partial charge in [0.2, 0.25) is 0 Å². The number of carbonyl (C=O) groups is 1. The van der Waals surface area contributed by atoms with Crippen molar-refractivity contribution in [2.75, 3.05) is 33.4 Å². The van der Waals surface area contributed by atoms with Crippen LogP contribution in [0.1, 0.15) is 33.0 Å². The van der Waals surface area contributed by atoms with Crippen LogP contribution in [0.2, 0.25) is 0 Å². The lowest BCUT2D eigenvalue weighted by molar-refractivity contribution is 0.0957. The minimum atomic E-state index is 0. The molecule has 1 aliphatic rings. The number of rotatable bonds is 7. The van der Waals surface area contributed by atoms with E-state index in [9.17, 15) is 4.79 Å². The summed E-state index contributed by atoms with van der Waals surface area (Å²) in [5.41, 5.74) is 1.39. The van der Waals surface area contributed by atoms with Crippen LogP contribution in [0.25, 0.3) is 0 Å². The van der Waals surface area contributed by atoms with Crippen molar-refractivity contribution in [2.24, 2.45) is 0 Å². The summed E-state index contributed by atoms with van der Waals surface area (Å²) in [7, 11) is 1.68. The lowest BCUT2D eigenvalue weighted by Gasteiger charge is -2.08. The summed E-state index contributed by atoms with van der Waals surface area (Å²) >= 11 is 1.66. The van der Waals surface area contributed by atoms with Crippen molar-refractivity contribution in [1.82, 2.24) is 10.6 Å². The molecule has 0 fully saturated rings. The lowest BCUT2D eigenvalue weighted by Crippen LogP contribution is -2.32. The maximum absolute atomic E-state index is 12.0. The SMILES string of the molecule is COCCNCCNC(=O)c1cc2c(s1)CCCC2.Cl. The van der Waals surface area contributed by atoms with Crippen LogP contribution in [-0.2, 0) is 17.6 Å². The average Bonchev–Trinajstić information content (AvgIpc) is 2.86. The number of aryl methyl sites for hydroxylation is 2. The van der Waals surface area contributed by atoms with E-state index in [1.807, 2.05) is 0 Å². The first kappa shape index (κ1) is 17.4. The maximum Gasteiger partial charge on any atom is 0.261 e. The van der Waals surface area contributed by atoms with Crippen LogP contribution in [0.3, 0.4) is 0 Å². The Morgan fingerprint density at radius 3 is 2.85 bits per heavy atom. The largest absolute Gasteiger partial charge is 0.383 e. The van der Waals surface area contributed by atoms with Crippen molar-refractivity contribution < 1.29 is 9.53 Å². The smallest absolute Gasteiger partial charge is 0.261 e. The van der Waals surface area contributed by atoms with Gasteiger partial charge in [-0.25, -0.2) is 0 Å². The summed E-state index contributed by atoms with van der Waals surface area (Å²) < 4.78 is 4.94. The van der Waals surface area contributed by atoms with Gasteiger partial charge in [0.1, 0.15) is 0 Å². The van der Waals surface area contributed by atoms with Gasteiger partial charge in [-0.1, -0.05) is 0 Å². The molecule has 1 aromatic rings. The Balaban J connectivity index is 0.00000200. The Morgan fingerprint density at radius 2 is 2.10 bits per heavy atom. The number of amides is 1. The third-order valence-electron chi connectivity index (χ3n) is 3.29. The van der Waals surface area contributed by atoms with E-state index in [1.165, 1.54) is 23.3 Å². The standard InChI is InChI=1S/C14H22N2O2S.ClH/c1-18-9-8-15-6-7-16-14(17)13-10-11-4-2-3-5-12(11)19-13;/h10,15H,2-9H2,1H3,(H,16,17);1H. The molecule has 20 heavy (non-hydrogen) atoms. The van der Waals surface area contributed by atoms with Crippen LogP contribution in [0, 0.1) is 0 Å². The van der Waals surface area contributed by atoms with Crippen LogP contribution >= 0.6 is 23.7 Å². The first-order valence-corrected chi connectivity index (χ1v) is 7.72. The number of ether oxygens (including phenoxy) is 1. The second kappa shape index (κ2) is 9.34. The molecule has 1 aliphatic carbocycles. The molecule has 0 unspecified atom stereocenters. The van der Waals surface area contributed by atoms with Gasteiger partial charge >= 0.3 is 0 Å². The molecule has 0 saturated carbocycles. The fourth-order valence-corrected chi connectivity index (χ4v) is 3.42. The number of hydrogen-bond donors (Lipinski definition) is 2. The summed E-state index contributed by atoms with van der Waals surface area (Å²) in [6, 6.07) is 2.08. The predicted octanol–water partition coefficient (Wildman–Crippen LogP) is 2.01. The van der Waals surface area contributed by atoms with Crippen LogP contribution in [0.4, 0.5) is 0 Å². The van der Waals surface area contributed by atoms with Crippen LogP contribution in [0.5, 0.6) is 0 Å². The van der Waals surface area contributed by atoms with Gasteiger partial charge in [0.25, 0.3) is 5.91 Å². The number of methoxy groups -OCH3 is 1. The molecule has 6 heteroatoms. The zero-order valence-electron chi connectivity index (χ0n) is 11.9. The van der Waals surface area contributed by atoms with E-state index in [2.05, 4.69) is 16.7 Å². The highest BCUT2D eigenvalue weighted by Gasteiger charge is 2.16. The molecule has 114 valence electrons. The van der Waals surface area contributed by atoms with Gasteiger partial charge in [-0.05, 0) is 37.3 Å². The number of nitrogens with one attached hydrogen (secondary N) is 2. The van der Waals surface area contributed by atoms with Crippen molar-refractivity contribution in [3.05, 3.63) is 21.4 Å². The van der Waals surface area contributed by atoms with E-state index in [4.69, 9.17) is 4.74 Å². The maximum atomic E-state index is 12.0. The van der Waals surface area contributed by atoms with Crippen molar-refractivity contribution in [3.8, 4) is 0 Å². The molecular formula is C14H23ClN2O2S. The Labute approximate surface area is 130 Å². The minimum Gasteiger partial charge on any atom is -0.383 e. The molecule has 1 heterocycles. The number of thiophene rings is 1. The van der Waals surface area contributed by atoms with Gasteiger partial charge in [0.15, 0.2) is 0 Å². The van der Waals surface area contributed by atoms with Crippen molar-refractivity contribution in [3.63, 3.8) is 0 Å². The van der Waals surface area contributed by atoms with Crippen molar-refractivity contribution in [2.45, 2.75) is 25.7 Å². The van der Waals surface area contributed by atoms with Crippen LogP contribution < -0.4 is 10.6 Å². The molecule has 1 aromatic heterocycles. The Hall–Kier alpha value is -0.620. The highest BCUT2D eigenvalue weighted by molar-refractivity contribution is 7.14. The van der Waals surface area contributed by atoms with E-state index in [0.29, 0.717) is 13.2 Å². The second-order valence-corrected chi connectivity index (χ2v) is 5.90. The monoisotopic (exact) mass is 318 g/mol. The third-order valence-corrected chi connectivity index (χ3v) is 4.53. The van der Waals surface area contributed by atoms with Gasteiger partial charge in [-0.3, -0.25) is 4.79 Å². The van der Waals surface area contributed by atoms with Crippen LogP contribution in [-0.4, -0.2) is 39.3 Å². The Bertz CT molecular complexity index is 400. The van der Waals surface area contributed by atoms with Crippen LogP contribution in [0.15, 0.2) is 6.07 Å². The molecule has 0 bridgehead atoms. The highest BCUT2D eigenvalue weighted by Crippen LogP contribution is 2.29. The number of halogens is 1. The van der Waals surface area contributed by atoms with Gasteiger partial charge in [0.05, 0.1) is 11.5 Å². The fourth-order valence-electron chi connectivity index (χ4n) is 2.25. The Morgan fingerprint density at radius 1 is 1.30 bits per heavy atom. The number of fused-ring (bicyclic) bond motifs is 1. The molecule has 2 rings (SSSR count). The first-order valence-electron chi connectivity index (χ1n) is 6.90. The first-order chi connectivity index (χ1) is 9.31. The predicted molar refractivity (Wildman–Crippen MR) is 85.3 cm³/mol. The fraction of sp³-hybridized carbons (Fsp3) is 0.643. The number of carbonyl (C=O) groups excluding carboxylic acids is 1. The summed E-state index contributed by atoms with van der Waals surface area (Å²) in [6.07, 6.45) is 4.80. The van der Waals surface area contributed by atoms with E-state index < -0.39 is 0 Å². The summed E-state index contributed by atoms with van der Waals surface area (Å²) in [5, 5.41) is 6.16. The zero-order chi connectivity index (χ0) is 13.5. The number of hydrogen-bond acceptors (Lipinski definition) is 4. The molecule has 4 nitrogen and oxygen atoms in total. The minimum absolute atomic E-state index is 0. The molecule has 0 aromatic carbocycles. The van der Waals surface area contributed by atoms with Gasteiger partial charge < -0.3 is 15.4 Å². The van der Waals surface area contributed by atoms with Gasteiger partial charge in [0, 0.05) is 31.6 Å². The summed E-state index contributed by atoms with van der Waals surface area (Å²) in [5.74, 6) is 0.0629.